The van der Waals surface area contributed by atoms with Crippen LogP contribution in [0, 0.1) is 5.92 Å². The molecule has 0 heterocycles. The number of amides is 4. The molecule has 0 unspecified atom stereocenters. The number of nitrogens with zero attached hydrogens (tertiary/aromatic N) is 2. The van der Waals surface area contributed by atoms with E-state index in [1.165, 1.54) is 4.90 Å². The molecule has 1 aliphatic carbocycles. The Bertz CT molecular complexity index is 1070. The minimum atomic E-state index is -0.471. The highest BCUT2D eigenvalue weighted by Gasteiger charge is 2.24. The summed E-state index contributed by atoms with van der Waals surface area (Å²) in [5.74, 6) is 0.410. The zero-order chi connectivity index (χ0) is 28.0. The number of hydrogen-bond acceptors (Lipinski definition) is 4. The molecule has 0 aliphatic heterocycles. The van der Waals surface area contributed by atoms with Crippen LogP contribution >= 0.6 is 0 Å². The molecule has 0 atom stereocenters. The molecule has 2 N–H and O–H groups in total. The standard InChI is InChI=1S/C31H44N4O4/c1-4-6-18-34(30(37)32-3)22-27-10-8-9-11-28(27)26-16-14-25(15-17-26)21-35(31(38)39-19-7-5-2)23-29(36)33-20-24-12-13-24/h8-11,14-17,24H,4-7,12-13,18-23H2,1-3H3,(H,32,37)(H,33,36). The summed E-state index contributed by atoms with van der Waals surface area (Å²) in [6, 6.07) is 16.0. The largest absolute Gasteiger partial charge is 0.449 e. The summed E-state index contributed by atoms with van der Waals surface area (Å²) in [6.07, 6.45) is 5.51. The Morgan fingerprint density at radius 2 is 1.64 bits per heavy atom. The molecular formula is C31H44N4O4. The Morgan fingerprint density at radius 1 is 0.923 bits per heavy atom. The van der Waals surface area contributed by atoms with Gasteiger partial charge in [0.15, 0.2) is 0 Å². The van der Waals surface area contributed by atoms with Crippen molar-refractivity contribution in [3.63, 3.8) is 0 Å². The molecular weight excluding hydrogens is 492 g/mol. The van der Waals surface area contributed by atoms with Gasteiger partial charge in [-0.3, -0.25) is 9.69 Å². The van der Waals surface area contributed by atoms with E-state index in [1.807, 2.05) is 48.2 Å². The zero-order valence-electron chi connectivity index (χ0n) is 23.7. The molecule has 1 fully saturated rings. The van der Waals surface area contributed by atoms with E-state index in [0.717, 1.165) is 60.8 Å². The van der Waals surface area contributed by atoms with Crippen LogP contribution in [-0.2, 0) is 22.6 Å². The van der Waals surface area contributed by atoms with Crippen LogP contribution in [0.5, 0.6) is 0 Å². The molecule has 0 aromatic heterocycles. The second-order valence-corrected chi connectivity index (χ2v) is 10.3. The minimum Gasteiger partial charge on any atom is -0.449 e. The monoisotopic (exact) mass is 536 g/mol. The smallest absolute Gasteiger partial charge is 0.410 e. The highest BCUT2D eigenvalue weighted by Crippen LogP contribution is 2.28. The average molecular weight is 537 g/mol. The number of benzene rings is 2. The molecule has 8 nitrogen and oxygen atoms in total. The third kappa shape index (κ3) is 9.93. The molecule has 2 aromatic carbocycles. The second kappa shape index (κ2) is 15.8. The van der Waals surface area contributed by atoms with Crippen molar-refractivity contribution in [1.82, 2.24) is 20.4 Å². The molecule has 8 heteroatoms. The van der Waals surface area contributed by atoms with Crippen molar-refractivity contribution in [2.24, 2.45) is 5.92 Å². The predicted octanol–water partition coefficient (Wildman–Crippen LogP) is 5.56. The molecule has 39 heavy (non-hydrogen) atoms. The van der Waals surface area contributed by atoms with Gasteiger partial charge < -0.3 is 20.3 Å². The number of nitrogens with one attached hydrogen (secondary N) is 2. The van der Waals surface area contributed by atoms with Crippen molar-refractivity contribution in [3.05, 3.63) is 59.7 Å². The van der Waals surface area contributed by atoms with Gasteiger partial charge in [-0.25, -0.2) is 9.59 Å². The molecule has 0 spiro atoms. The number of hydrogen-bond donors (Lipinski definition) is 2. The fourth-order valence-electron chi connectivity index (χ4n) is 4.30. The molecule has 0 bridgehead atoms. The Hall–Kier alpha value is -3.55. The Labute approximate surface area is 233 Å². The third-order valence-electron chi connectivity index (χ3n) is 6.90. The van der Waals surface area contributed by atoms with Gasteiger partial charge in [0.2, 0.25) is 5.91 Å². The minimum absolute atomic E-state index is 0.0324. The third-order valence-corrected chi connectivity index (χ3v) is 6.90. The average Bonchev–Trinajstić information content (AvgIpc) is 3.79. The summed E-state index contributed by atoms with van der Waals surface area (Å²) in [5, 5.41) is 5.69. The number of urea groups is 1. The van der Waals surface area contributed by atoms with Crippen molar-refractivity contribution in [1.29, 1.82) is 0 Å². The maximum absolute atomic E-state index is 12.8. The molecule has 0 saturated heterocycles. The van der Waals surface area contributed by atoms with Crippen molar-refractivity contribution >= 4 is 18.0 Å². The van der Waals surface area contributed by atoms with Crippen molar-refractivity contribution in [3.8, 4) is 11.1 Å². The first-order chi connectivity index (χ1) is 18.9. The van der Waals surface area contributed by atoms with E-state index in [4.69, 9.17) is 4.74 Å². The van der Waals surface area contributed by atoms with Crippen LogP contribution in [0.25, 0.3) is 11.1 Å². The summed E-state index contributed by atoms with van der Waals surface area (Å²) in [4.78, 5) is 41.1. The lowest BCUT2D eigenvalue weighted by atomic mass is 9.98. The molecule has 1 saturated carbocycles. The van der Waals surface area contributed by atoms with Gasteiger partial charge in [-0.1, -0.05) is 75.2 Å². The van der Waals surface area contributed by atoms with Gasteiger partial charge in [-0.15, -0.1) is 0 Å². The molecule has 212 valence electrons. The van der Waals surface area contributed by atoms with E-state index < -0.39 is 6.09 Å². The summed E-state index contributed by atoms with van der Waals surface area (Å²) >= 11 is 0. The molecule has 2 aromatic rings. The van der Waals surface area contributed by atoms with Crippen LogP contribution in [0.2, 0.25) is 0 Å². The number of ether oxygens (including phenoxy) is 1. The van der Waals surface area contributed by atoms with E-state index >= 15 is 0 Å². The highest BCUT2D eigenvalue weighted by molar-refractivity contribution is 5.82. The maximum atomic E-state index is 12.8. The first-order valence-corrected chi connectivity index (χ1v) is 14.3. The first kappa shape index (κ1) is 30.0. The fraction of sp³-hybridized carbons (Fsp3) is 0.516. The summed E-state index contributed by atoms with van der Waals surface area (Å²) < 4.78 is 5.43. The van der Waals surface area contributed by atoms with E-state index in [1.54, 1.807) is 7.05 Å². The van der Waals surface area contributed by atoms with Crippen LogP contribution in [0.3, 0.4) is 0 Å². The quantitative estimate of drug-likeness (QED) is 0.292. The highest BCUT2D eigenvalue weighted by atomic mass is 16.6. The van der Waals surface area contributed by atoms with Gasteiger partial charge in [0.05, 0.1) is 6.61 Å². The van der Waals surface area contributed by atoms with E-state index in [-0.39, 0.29) is 25.0 Å². The van der Waals surface area contributed by atoms with Crippen LogP contribution in [0.4, 0.5) is 9.59 Å². The Balaban J connectivity index is 1.71. The second-order valence-electron chi connectivity index (χ2n) is 10.3. The van der Waals surface area contributed by atoms with Crippen LogP contribution < -0.4 is 10.6 Å². The van der Waals surface area contributed by atoms with Gasteiger partial charge in [0.25, 0.3) is 0 Å². The number of unbranched alkanes of at least 4 members (excludes halogenated alkanes) is 2. The van der Waals surface area contributed by atoms with Gasteiger partial charge in [-0.05, 0) is 53.9 Å². The van der Waals surface area contributed by atoms with Crippen LogP contribution in [-0.4, -0.2) is 61.1 Å². The Kier molecular flexibility index (Phi) is 12.1. The zero-order valence-corrected chi connectivity index (χ0v) is 23.7. The van der Waals surface area contributed by atoms with Crippen LogP contribution in [0.15, 0.2) is 48.5 Å². The van der Waals surface area contributed by atoms with Gasteiger partial charge in [0, 0.05) is 33.2 Å². The normalized spacial score (nSPS) is 12.5. The summed E-state index contributed by atoms with van der Waals surface area (Å²) in [5.41, 5.74) is 4.07. The van der Waals surface area contributed by atoms with Crippen molar-refractivity contribution < 1.29 is 19.1 Å². The topological polar surface area (TPSA) is 91.0 Å². The molecule has 0 radical (unpaired) electrons. The maximum Gasteiger partial charge on any atom is 0.410 e. The number of carbonyl (C=O) groups excluding carboxylic acids is 3. The lowest BCUT2D eigenvalue weighted by Crippen LogP contribution is -2.41. The van der Waals surface area contributed by atoms with Gasteiger partial charge >= 0.3 is 12.1 Å². The lowest BCUT2D eigenvalue weighted by Gasteiger charge is -2.24. The van der Waals surface area contributed by atoms with E-state index in [0.29, 0.717) is 32.2 Å². The van der Waals surface area contributed by atoms with E-state index in [2.05, 4.69) is 29.7 Å². The van der Waals surface area contributed by atoms with Gasteiger partial charge in [-0.2, -0.15) is 0 Å². The Morgan fingerprint density at radius 3 is 2.31 bits per heavy atom. The number of rotatable bonds is 15. The summed E-state index contributed by atoms with van der Waals surface area (Å²) in [6.45, 7) is 6.63. The molecule has 3 rings (SSSR count). The van der Waals surface area contributed by atoms with Gasteiger partial charge in [0.1, 0.15) is 6.54 Å². The lowest BCUT2D eigenvalue weighted by molar-refractivity contribution is -0.122. The first-order valence-electron chi connectivity index (χ1n) is 14.3. The van der Waals surface area contributed by atoms with E-state index in [9.17, 15) is 14.4 Å². The predicted molar refractivity (Wildman–Crippen MR) is 154 cm³/mol. The molecule has 1 aliphatic rings. The molecule has 4 amide bonds. The van der Waals surface area contributed by atoms with Crippen molar-refractivity contribution in [2.75, 3.05) is 33.3 Å². The van der Waals surface area contributed by atoms with Crippen molar-refractivity contribution in [2.45, 2.75) is 65.5 Å². The summed E-state index contributed by atoms with van der Waals surface area (Å²) in [7, 11) is 1.66. The fourth-order valence-corrected chi connectivity index (χ4v) is 4.30. The van der Waals surface area contributed by atoms with Crippen LogP contribution in [0.1, 0.15) is 63.5 Å². The SMILES string of the molecule is CCCCOC(=O)N(CC(=O)NCC1CC1)Cc1ccc(-c2ccccc2CN(CCCC)C(=O)NC)cc1. The number of carbonyl (C=O) groups is 3.